The Balaban J connectivity index is 0.00000423. The van der Waals surface area contributed by atoms with E-state index in [-0.39, 0.29) is 49.1 Å². The Morgan fingerprint density at radius 3 is 2.19 bits per heavy atom. The van der Waals surface area contributed by atoms with Crippen LogP contribution in [0.3, 0.4) is 0 Å². The Kier molecular flexibility index (Phi) is 9.53. The van der Waals surface area contributed by atoms with Gasteiger partial charge in [-0.15, -0.1) is 0 Å². The molecule has 1 saturated carbocycles. The van der Waals surface area contributed by atoms with Crippen molar-refractivity contribution < 1.29 is 42.5 Å². The molecule has 3 aromatic carbocycles. The first-order valence-electron chi connectivity index (χ1n) is 12.9. The van der Waals surface area contributed by atoms with Crippen LogP contribution in [-0.4, -0.2) is 60.5 Å². The van der Waals surface area contributed by atoms with Crippen LogP contribution in [-0.2, 0) is 14.4 Å². The number of pyridine rings is 1. The Labute approximate surface area is 256 Å². The molecule has 0 spiro atoms. The van der Waals surface area contributed by atoms with Crippen LogP contribution in [0.2, 0.25) is 0 Å². The standard InChI is InChI=1S/C30H25F2N3O7.Li.H/c1-40-25-15-20-22(16-26(25)41-13-9-27(36)37)33-12-8-23(20)42-24-7-6-19(14-21(24)32)35-29(39)30(10-11-30)28(38)34-18-4-2-17(31)3-5-18;;/h2-8,12,14-16H,9-11,13H2,1H3,(H,34,38)(H,35,39)(H,36,37);;. The number of methoxy groups -OCH3 is 1. The van der Waals surface area contributed by atoms with Gasteiger partial charge in [0, 0.05) is 35.1 Å². The first-order chi connectivity index (χ1) is 20.2. The van der Waals surface area contributed by atoms with E-state index in [2.05, 4.69) is 15.6 Å². The maximum absolute atomic E-state index is 15.1. The van der Waals surface area contributed by atoms with Gasteiger partial charge in [0.25, 0.3) is 0 Å². The van der Waals surface area contributed by atoms with Gasteiger partial charge >= 0.3 is 24.8 Å². The van der Waals surface area contributed by atoms with E-state index in [1.807, 2.05) is 0 Å². The summed E-state index contributed by atoms with van der Waals surface area (Å²) in [7, 11) is 1.42. The molecule has 5 rings (SSSR count). The third kappa shape index (κ3) is 7.05. The van der Waals surface area contributed by atoms with Gasteiger partial charge in [-0.05, 0) is 61.4 Å². The Morgan fingerprint density at radius 2 is 1.56 bits per heavy atom. The molecule has 1 aromatic heterocycles. The van der Waals surface area contributed by atoms with Crippen LogP contribution in [0.5, 0.6) is 23.0 Å². The molecule has 13 heteroatoms. The summed E-state index contributed by atoms with van der Waals surface area (Å²) in [6, 6.07) is 13.8. The molecular formula is C30H26F2LiN3O7. The van der Waals surface area contributed by atoms with Crippen molar-refractivity contribution >= 4 is 58.9 Å². The summed E-state index contributed by atoms with van der Waals surface area (Å²) in [6.45, 7) is -0.0679. The summed E-state index contributed by atoms with van der Waals surface area (Å²) in [5, 5.41) is 14.5. The van der Waals surface area contributed by atoms with Crippen LogP contribution in [0.4, 0.5) is 20.2 Å². The van der Waals surface area contributed by atoms with Crippen LogP contribution in [0, 0.1) is 17.0 Å². The number of fused-ring (bicyclic) bond motifs is 1. The molecule has 0 saturated heterocycles. The number of anilines is 2. The molecule has 0 unspecified atom stereocenters. The van der Waals surface area contributed by atoms with Gasteiger partial charge in [0.2, 0.25) is 11.8 Å². The van der Waals surface area contributed by atoms with Crippen molar-refractivity contribution in [2.45, 2.75) is 19.3 Å². The first-order valence-corrected chi connectivity index (χ1v) is 12.9. The second kappa shape index (κ2) is 13.1. The second-order valence-electron chi connectivity index (χ2n) is 9.57. The number of hydrogen-bond donors (Lipinski definition) is 3. The monoisotopic (exact) mass is 585 g/mol. The molecule has 1 aliphatic carbocycles. The number of carbonyl (C=O) groups excluding carboxylic acids is 2. The summed E-state index contributed by atoms with van der Waals surface area (Å²) in [4.78, 5) is 40.8. The van der Waals surface area contributed by atoms with Crippen LogP contribution in [0.1, 0.15) is 19.3 Å². The molecule has 0 radical (unpaired) electrons. The number of aromatic nitrogens is 1. The Morgan fingerprint density at radius 1 is 0.884 bits per heavy atom. The van der Waals surface area contributed by atoms with Gasteiger partial charge in [-0.3, -0.25) is 19.4 Å². The van der Waals surface area contributed by atoms with E-state index in [1.165, 1.54) is 49.7 Å². The molecule has 2 amide bonds. The topological polar surface area (TPSA) is 136 Å². The number of ether oxygens (including phenoxy) is 3. The summed E-state index contributed by atoms with van der Waals surface area (Å²) in [5.41, 5.74) is -0.367. The van der Waals surface area contributed by atoms with E-state index in [9.17, 15) is 18.8 Å². The molecule has 4 aromatic rings. The molecule has 0 aliphatic heterocycles. The number of carbonyl (C=O) groups is 3. The van der Waals surface area contributed by atoms with Crippen LogP contribution in [0.15, 0.2) is 66.9 Å². The summed E-state index contributed by atoms with van der Waals surface area (Å²) >= 11 is 0. The number of amides is 2. The molecule has 218 valence electrons. The minimum atomic E-state index is -1.30. The molecule has 10 nitrogen and oxygen atoms in total. The number of halogens is 2. The average molecular weight is 585 g/mol. The Bertz CT molecular complexity index is 1680. The molecule has 1 heterocycles. The van der Waals surface area contributed by atoms with Gasteiger partial charge in [0.05, 0.1) is 25.7 Å². The van der Waals surface area contributed by atoms with Gasteiger partial charge in [0.1, 0.15) is 17.0 Å². The number of carboxylic acids is 1. The van der Waals surface area contributed by atoms with E-state index < -0.39 is 34.8 Å². The Hall–Kier alpha value is -4.66. The van der Waals surface area contributed by atoms with Crippen molar-refractivity contribution in [3.05, 3.63) is 78.5 Å². The summed E-state index contributed by atoms with van der Waals surface area (Å²) in [6.07, 6.45) is 1.91. The van der Waals surface area contributed by atoms with Crippen molar-refractivity contribution in [1.29, 1.82) is 0 Å². The molecule has 0 atom stereocenters. The molecular weight excluding hydrogens is 559 g/mol. The summed E-state index contributed by atoms with van der Waals surface area (Å²) < 4.78 is 45.0. The number of nitrogens with one attached hydrogen (secondary N) is 2. The normalized spacial score (nSPS) is 12.9. The van der Waals surface area contributed by atoms with E-state index in [0.717, 1.165) is 6.07 Å². The van der Waals surface area contributed by atoms with Gasteiger partial charge < -0.3 is 30.0 Å². The van der Waals surface area contributed by atoms with Crippen molar-refractivity contribution in [2.24, 2.45) is 5.41 Å². The fourth-order valence-electron chi connectivity index (χ4n) is 4.23. The first kappa shape index (κ1) is 31.3. The maximum atomic E-state index is 15.1. The number of benzene rings is 3. The number of rotatable bonds is 11. The van der Waals surface area contributed by atoms with E-state index in [1.54, 1.807) is 18.2 Å². The molecule has 43 heavy (non-hydrogen) atoms. The van der Waals surface area contributed by atoms with E-state index in [4.69, 9.17) is 19.3 Å². The van der Waals surface area contributed by atoms with Crippen molar-refractivity contribution in [1.82, 2.24) is 4.98 Å². The number of nitrogens with zero attached hydrogens (tertiary/aromatic N) is 1. The van der Waals surface area contributed by atoms with Crippen LogP contribution in [0.25, 0.3) is 10.9 Å². The van der Waals surface area contributed by atoms with Gasteiger partial charge in [-0.25, -0.2) is 8.78 Å². The van der Waals surface area contributed by atoms with Crippen molar-refractivity contribution in [3.8, 4) is 23.0 Å². The second-order valence-corrected chi connectivity index (χ2v) is 9.57. The third-order valence-corrected chi connectivity index (χ3v) is 6.69. The van der Waals surface area contributed by atoms with Crippen molar-refractivity contribution in [2.75, 3.05) is 24.4 Å². The predicted octanol–water partition coefficient (Wildman–Crippen LogP) is 4.88. The van der Waals surface area contributed by atoms with Crippen LogP contribution >= 0.6 is 0 Å². The molecule has 1 aliphatic rings. The van der Waals surface area contributed by atoms with Crippen molar-refractivity contribution in [3.63, 3.8) is 0 Å². The quantitative estimate of drug-likeness (QED) is 0.168. The molecule has 1 fully saturated rings. The number of hydrogen-bond acceptors (Lipinski definition) is 7. The van der Waals surface area contributed by atoms with Gasteiger partial charge in [-0.2, -0.15) is 0 Å². The van der Waals surface area contributed by atoms with E-state index >= 15 is 4.39 Å². The molecule has 0 bridgehead atoms. The zero-order valence-electron chi connectivity index (χ0n) is 22.3. The zero-order chi connectivity index (χ0) is 29.9. The minimum absolute atomic E-state index is 0. The fraction of sp³-hybridized carbons (Fsp3) is 0.200. The average Bonchev–Trinajstić information content (AvgIpc) is 3.78. The van der Waals surface area contributed by atoms with Gasteiger partial charge in [0.15, 0.2) is 23.1 Å². The molecule has 3 N–H and O–H groups in total. The fourth-order valence-corrected chi connectivity index (χ4v) is 4.23. The number of aliphatic carboxylic acids is 1. The predicted molar refractivity (Wildman–Crippen MR) is 155 cm³/mol. The van der Waals surface area contributed by atoms with Gasteiger partial charge in [-0.1, -0.05) is 0 Å². The SMILES string of the molecule is COc1cc2c(Oc3ccc(NC(=O)C4(C(=O)Nc5ccc(F)cc5)CC4)cc3F)ccnc2cc1OCCC(=O)O.[LiH]. The third-order valence-electron chi connectivity index (χ3n) is 6.69. The van der Waals surface area contributed by atoms with Crippen LogP contribution < -0.4 is 24.8 Å². The summed E-state index contributed by atoms with van der Waals surface area (Å²) in [5.74, 6) is -2.59. The van der Waals surface area contributed by atoms with E-state index in [0.29, 0.717) is 40.9 Å². The zero-order valence-corrected chi connectivity index (χ0v) is 22.3. The number of carboxylic acid groups (broad SMARTS) is 1.